The maximum atomic E-state index is 13.0. The summed E-state index contributed by atoms with van der Waals surface area (Å²) in [5.74, 6) is 2.40. The molecule has 1 spiro atoms. The number of rotatable bonds is 2. The van der Waals surface area contributed by atoms with Crippen molar-refractivity contribution in [1.82, 2.24) is 4.90 Å². The van der Waals surface area contributed by atoms with E-state index in [-0.39, 0.29) is 29.2 Å². The highest BCUT2D eigenvalue weighted by Crippen LogP contribution is 2.66. The SMILES string of the molecule is CC1CCCN(CC2C(=O)O[C@@]34[C@H]2CC[C@@H](C)[C@@H]3CC[C@@]2(C)O[C@@H]42)C1. The normalized spacial score (nSPS) is 55.1. The highest BCUT2D eigenvalue weighted by Gasteiger charge is 2.77. The van der Waals surface area contributed by atoms with Gasteiger partial charge in [-0.2, -0.15) is 0 Å². The van der Waals surface area contributed by atoms with Crippen molar-refractivity contribution in [2.45, 2.75) is 76.6 Å². The van der Waals surface area contributed by atoms with E-state index in [2.05, 4.69) is 25.7 Å². The summed E-state index contributed by atoms with van der Waals surface area (Å²) in [5.41, 5.74) is -0.339. The fourth-order valence-corrected chi connectivity index (χ4v) is 6.99. The number of hydrogen-bond donors (Lipinski definition) is 0. The standard InChI is InChI=1S/C21H33NO3/c1-13-5-4-10-22(11-13)12-15-17-7-6-14(2)16-8-9-20(3)19(25-20)21(16,17)24-18(15)23/h13-17,19H,4-12H2,1-3H3/t13?,14-,15?,16+,17+,19-,20-,21-/m1/s1. The first kappa shape index (κ1) is 16.6. The van der Waals surface area contributed by atoms with Crippen LogP contribution in [0.4, 0.5) is 0 Å². The average Bonchev–Trinajstić information content (AvgIpc) is 3.19. The number of nitrogens with zero attached hydrogens (tertiary/aromatic N) is 1. The number of fused-ring (bicyclic) bond motifs is 1. The van der Waals surface area contributed by atoms with Gasteiger partial charge in [-0.1, -0.05) is 13.8 Å². The molecule has 3 aliphatic heterocycles. The van der Waals surface area contributed by atoms with Gasteiger partial charge in [0.2, 0.25) is 0 Å². The minimum atomic E-state index is -0.312. The maximum Gasteiger partial charge on any atom is 0.311 e. The van der Waals surface area contributed by atoms with Crippen molar-refractivity contribution in [2.75, 3.05) is 19.6 Å². The van der Waals surface area contributed by atoms with Gasteiger partial charge in [-0.25, -0.2) is 0 Å². The smallest absolute Gasteiger partial charge is 0.311 e. The first-order valence-corrected chi connectivity index (χ1v) is 10.6. The molecule has 0 radical (unpaired) electrons. The third kappa shape index (κ3) is 2.29. The molecule has 2 unspecified atom stereocenters. The van der Waals surface area contributed by atoms with Gasteiger partial charge >= 0.3 is 5.97 Å². The van der Waals surface area contributed by atoms with Gasteiger partial charge in [0.1, 0.15) is 11.7 Å². The number of likely N-dealkylation sites (tertiary alicyclic amines) is 1. The molecule has 4 heteroatoms. The first-order valence-electron chi connectivity index (χ1n) is 10.6. The molecule has 4 nitrogen and oxygen atoms in total. The zero-order valence-electron chi connectivity index (χ0n) is 16.0. The Bertz CT molecular complexity index is 579. The maximum absolute atomic E-state index is 13.0. The molecule has 0 aromatic heterocycles. The van der Waals surface area contributed by atoms with Crippen molar-refractivity contribution in [2.24, 2.45) is 29.6 Å². The molecule has 8 atom stereocenters. The van der Waals surface area contributed by atoms with E-state index in [1.165, 1.54) is 19.3 Å². The van der Waals surface area contributed by atoms with E-state index in [0.29, 0.717) is 17.8 Å². The van der Waals surface area contributed by atoms with Crippen molar-refractivity contribution in [1.29, 1.82) is 0 Å². The predicted octanol–water partition coefficient (Wildman–Crippen LogP) is 3.24. The Kier molecular flexibility index (Phi) is 3.61. The van der Waals surface area contributed by atoms with Crippen LogP contribution < -0.4 is 0 Å². The number of hydrogen-bond acceptors (Lipinski definition) is 4. The zero-order valence-corrected chi connectivity index (χ0v) is 16.0. The lowest BCUT2D eigenvalue weighted by molar-refractivity contribution is -0.168. The number of carbonyl (C=O) groups excluding carboxylic acids is 1. The second kappa shape index (κ2) is 5.45. The second-order valence-corrected chi connectivity index (χ2v) is 10.0. The second-order valence-electron chi connectivity index (χ2n) is 10.0. The van der Waals surface area contributed by atoms with E-state index < -0.39 is 0 Å². The lowest BCUT2D eigenvalue weighted by atomic mass is 9.55. The van der Waals surface area contributed by atoms with Crippen LogP contribution in [0.5, 0.6) is 0 Å². The summed E-state index contributed by atoms with van der Waals surface area (Å²) in [6.07, 6.45) is 7.41. The molecule has 25 heavy (non-hydrogen) atoms. The molecule has 5 fully saturated rings. The summed E-state index contributed by atoms with van der Waals surface area (Å²) in [5, 5.41) is 0. The predicted molar refractivity (Wildman–Crippen MR) is 95.0 cm³/mol. The topological polar surface area (TPSA) is 42.1 Å². The van der Waals surface area contributed by atoms with Crippen molar-refractivity contribution < 1.29 is 14.3 Å². The Morgan fingerprint density at radius 1 is 1.16 bits per heavy atom. The van der Waals surface area contributed by atoms with E-state index in [4.69, 9.17) is 9.47 Å². The summed E-state index contributed by atoms with van der Waals surface area (Å²) in [6.45, 7) is 10.1. The van der Waals surface area contributed by atoms with E-state index in [1.54, 1.807) is 0 Å². The summed E-state index contributed by atoms with van der Waals surface area (Å²) < 4.78 is 12.5. The van der Waals surface area contributed by atoms with Crippen molar-refractivity contribution in [3.8, 4) is 0 Å². The van der Waals surface area contributed by atoms with Gasteiger partial charge in [-0.15, -0.1) is 0 Å². The van der Waals surface area contributed by atoms with Gasteiger partial charge < -0.3 is 14.4 Å². The third-order valence-corrected chi connectivity index (χ3v) is 8.29. The molecule has 0 amide bonds. The number of esters is 1. The third-order valence-electron chi connectivity index (χ3n) is 8.29. The molecule has 2 aliphatic carbocycles. The number of piperidine rings is 1. The van der Waals surface area contributed by atoms with Crippen LogP contribution >= 0.6 is 0 Å². The van der Waals surface area contributed by atoms with Crippen LogP contribution in [-0.4, -0.2) is 47.8 Å². The van der Waals surface area contributed by atoms with Crippen LogP contribution in [0.2, 0.25) is 0 Å². The van der Waals surface area contributed by atoms with Gasteiger partial charge in [-0.3, -0.25) is 4.79 Å². The van der Waals surface area contributed by atoms with Crippen LogP contribution in [0, 0.1) is 29.6 Å². The minimum Gasteiger partial charge on any atom is -0.455 e. The van der Waals surface area contributed by atoms with Crippen molar-refractivity contribution in [3.63, 3.8) is 0 Å². The molecule has 3 saturated heterocycles. The van der Waals surface area contributed by atoms with E-state index in [0.717, 1.165) is 44.8 Å². The molecule has 0 bridgehead atoms. The average molecular weight is 347 g/mol. The number of ether oxygens (including phenoxy) is 2. The van der Waals surface area contributed by atoms with Gasteiger partial charge in [0.05, 0.1) is 11.5 Å². The molecule has 3 heterocycles. The molecule has 0 aromatic carbocycles. The summed E-state index contributed by atoms with van der Waals surface area (Å²) in [4.78, 5) is 15.5. The number of carbonyl (C=O) groups is 1. The lowest BCUT2D eigenvalue weighted by Crippen LogP contribution is -2.58. The van der Waals surface area contributed by atoms with Crippen molar-refractivity contribution >= 4 is 5.97 Å². The first-order chi connectivity index (χ1) is 11.9. The summed E-state index contributed by atoms with van der Waals surface area (Å²) in [7, 11) is 0. The number of epoxide rings is 1. The summed E-state index contributed by atoms with van der Waals surface area (Å²) >= 11 is 0. The van der Waals surface area contributed by atoms with Crippen molar-refractivity contribution in [3.05, 3.63) is 0 Å². The van der Waals surface area contributed by atoms with Crippen LogP contribution in [0.15, 0.2) is 0 Å². The highest BCUT2D eigenvalue weighted by atomic mass is 16.7. The molecule has 5 aliphatic rings. The Hall–Kier alpha value is -0.610. The lowest BCUT2D eigenvalue weighted by Gasteiger charge is -2.50. The molecule has 5 rings (SSSR count). The Labute approximate surface area is 151 Å². The van der Waals surface area contributed by atoms with Gasteiger partial charge in [-0.05, 0) is 63.8 Å². The highest BCUT2D eigenvalue weighted by molar-refractivity contribution is 5.77. The van der Waals surface area contributed by atoms with E-state index >= 15 is 0 Å². The molecular formula is C21H33NO3. The van der Waals surface area contributed by atoms with Gasteiger partial charge in [0, 0.05) is 24.9 Å². The quantitative estimate of drug-likeness (QED) is 0.568. The van der Waals surface area contributed by atoms with Crippen LogP contribution in [0.25, 0.3) is 0 Å². The zero-order chi connectivity index (χ0) is 17.4. The molecular weight excluding hydrogens is 314 g/mol. The molecule has 140 valence electrons. The minimum absolute atomic E-state index is 0.0272. The van der Waals surface area contributed by atoms with E-state index in [1.807, 2.05) is 0 Å². The molecule has 0 N–H and O–H groups in total. The fraction of sp³-hybridized carbons (Fsp3) is 0.952. The van der Waals surface area contributed by atoms with Gasteiger partial charge in [0.25, 0.3) is 0 Å². The Morgan fingerprint density at radius 2 is 2.00 bits per heavy atom. The Balaban J connectivity index is 1.43. The van der Waals surface area contributed by atoms with Crippen LogP contribution in [0.3, 0.4) is 0 Å². The van der Waals surface area contributed by atoms with Crippen LogP contribution in [0.1, 0.15) is 59.3 Å². The van der Waals surface area contributed by atoms with E-state index in [9.17, 15) is 4.79 Å². The van der Waals surface area contributed by atoms with Gasteiger partial charge in [0.15, 0.2) is 0 Å². The fourth-order valence-electron chi connectivity index (χ4n) is 6.99. The monoisotopic (exact) mass is 347 g/mol. The molecule has 2 saturated carbocycles. The Morgan fingerprint density at radius 3 is 2.80 bits per heavy atom. The molecule has 0 aromatic rings. The largest absolute Gasteiger partial charge is 0.455 e. The van der Waals surface area contributed by atoms with Crippen LogP contribution in [-0.2, 0) is 14.3 Å². The summed E-state index contributed by atoms with van der Waals surface area (Å²) in [6, 6.07) is 0.